The van der Waals surface area contributed by atoms with E-state index in [0.29, 0.717) is 35.7 Å². The first kappa shape index (κ1) is 13.2. The van der Waals surface area contributed by atoms with Gasteiger partial charge in [-0.1, -0.05) is 0 Å². The first-order valence-corrected chi connectivity index (χ1v) is 6.63. The lowest BCUT2D eigenvalue weighted by molar-refractivity contribution is -0.116. The van der Waals surface area contributed by atoms with Gasteiger partial charge in [-0.05, 0) is 37.1 Å². The van der Waals surface area contributed by atoms with Crippen LogP contribution in [-0.4, -0.2) is 15.7 Å². The van der Waals surface area contributed by atoms with Crippen LogP contribution in [0, 0.1) is 18.3 Å². The highest BCUT2D eigenvalue weighted by molar-refractivity contribution is 5.94. The number of nitrogens with one attached hydrogen (secondary N) is 1. The number of carbonyl (C=O) groups is 1. The number of hydrogen-bond acceptors (Lipinski definition) is 4. The summed E-state index contributed by atoms with van der Waals surface area (Å²) in [6.07, 6.45) is 1.17. The van der Waals surface area contributed by atoms with Crippen molar-refractivity contribution in [1.82, 2.24) is 9.78 Å². The largest absolute Gasteiger partial charge is 0.438 e. The second-order valence-corrected chi connectivity index (χ2v) is 4.97. The Morgan fingerprint density at radius 3 is 3.00 bits per heavy atom. The molecule has 2 aromatic rings. The molecule has 1 amide bonds. The van der Waals surface area contributed by atoms with E-state index in [-0.39, 0.29) is 5.91 Å². The summed E-state index contributed by atoms with van der Waals surface area (Å²) in [6.45, 7) is 1.77. The number of hydrogen-bond donors (Lipinski definition) is 1. The van der Waals surface area contributed by atoms with Crippen LogP contribution in [0.15, 0.2) is 18.2 Å². The number of rotatable bonds is 2. The molecular weight excluding hydrogens is 268 g/mol. The highest BCUT2D eigenvalue weighted by atomic mass is 16.5. The summed E-state index contributed by atoms with van der Waals surface area (Å²) in [6, 6.07) is 7.58. The summed E-state index contributed by atoms with van der Waals surface area (Å²) in [5, 5.41) is 16.2. The number of fused-ring (bicyclic) bond motifs is 1. The van der Waals surface area contributed by atoms with E-state index in [9.17, 15) is 10.1 Å². The molecule has 0 atom stereocenters. The Morgan fingerprint density at radius 2 is 2.24 bits per heavy atom. The van der Waals surface area contributed by atoms with Crippen molar-refractivity contribution in [3.05, 3.63) is 35.0 Å². The Labute approximate surface area is 121 Å². The molecule has 106 valence electrons. The molecule has 0 aliphatic carbocycles. The molecule has 0 radical (unpaired) electrons. The zero-order chi connectivity index (χ0) is 15.0. The number of ether oxygens (including phenoxy) is 1. The molecule has 1 aromatic carbocycles. The van der Waals surface area contributed by atoms with Gasteiger partial charge >= 0.3 is 0 Å². The molecule has 0 saturated heterocycles. The average Bonchev–Trinajstić information content (AvgIpc) is 2.73. The molecule has 6 heteroatoms. The number of amides is 1. The van der Waals surface area contributed by atoms with Crippen LogP contribution in [-0.2, 0) is 18.3 Å². The fourth-order valence-corrected chi connectivity index (χ4v) is 2.42. The Morgan fingerprint density at radius 1 is 1.43 bits per heavy atom. The van der Waals surface area contributed by atoms with Gasteiger partial charge in [-0.25, -0.2) is 4.68 Å². The van der Waals surface area contributed by atoms with Gasteiger partial charge in [-0.3, -0.25) is 4.79 Å². The average molecular weight is 282 g/mol. The normalized spacial score (nSPS) is 13.3. The van der Waals surface area contributed by atoms with Crippen molar-refractivity contribution in [1.29, 1.82) is 5.26 Å². The summed E-state index contributed by atoms with van der Waals surface area (Å²) >= 11 is 0. The van der Waals surface area contributed by atoms with Crippen molar-refractivity contribution in [2.75, 3.05) is 5.32 Å². The zero-order valence-electron chi connectivity index (χ0n) is 11.8. The van der Waals surface area contributed by atoms with Crippen LogP contribution in [0.3, 0.4) is 0 Å². The molecule has 6 nitrogen and oxygen atoms in total. The lowest BCUT2D eigenvalue weighted by Crippen LogP contribution is -2.18. The summed E-state index contributed by atoms with van der Waals surface area (Å²) < 4.78 is 7.36. The van der Waals surface area contributed by atoms with E-state index in [2.05, 4.69) is 16.5 Å². The molecule has 0 bridgehead atoms. The molecule has 1 aromatic heterocycles. The van der Waals surface area contributed by atoms with Crippen LogP contribution in [0.4, 0.5) is 5.69 Å². The number of aromatic nitrogens is 2. The maximum Gasteiger partial charge on any atom is 0.235 e. The first-order chi connectivity index (χ1) is 10.1. The number of benzene rings is 1. The molecule has 1 aliphatic heterocycles. The Hall–Kier alpha value is -2.81. The van der Waals surface area contributed by atoms with E-state index < -0.39 is 0 Å². The zero-order valence-corrected chi connectivity index (χ0v) is 11.8. The molecule has 0 saturated carbocycles. The third kappa shape index (κ3) is 2.34. The highest BCUT2D eigenvalue weighted by Gasteiger charge is 2.18. The van der Waals surface area contributed by atoms with Gasteiger partial charge in [-0.15, -0.1) is 0 Å². The van der Waals surface area contributed by atoms with E-state index >= 15 is 0 Å². The minimum Gasteiger partial charge on any atom is -0.438 e. The minimum atomic E-state index is 0.0326. The molecule has 0 spiro atoms. The summed E-state index contributed by atoms with van der Waals surface area (Å²) in [7, 11) is 1.74. The third-order valence-corrected chi connectivity index (χ3v) is 3.47. The van der Waals surface area contributed by atoms with E-state index in [4.69, 9.17) is 4.74 Å². The predicted octanol–water partition coefficient (Wildman–Crippen LogP) is 2.28. The number of aryl methyl sites for hydroxylation is 3. The van der Waals surface area contributed by atoms with E-state index in [1.54, 1.807) is 24.7 Å². The molecule has 0 unspecified atom stereocenters. The summed E-state index contributed by atoms with van der Waals surface area (Å²) in [4.78, 5) is 11.3. The fourth-order valence-electron chi connectivity index (χ4n) is 2.42. The Bertz CT molecular complexity index is 771. The summed E-state index contributed by atoms with van der Waals surface area (Å²) in [5.74, 6) is 1.09. The number of anilines is 1. The van der Waals surface area contributed by atoms with Crippen LogP contribution in [0.1, 0.15) is 23.2 Å². The van der Waals surface area contributed by atoms with Gasteiger partial charge in [0.25, 0.3) is 0 Å². The molecule has 0 fully saturated rings. The van der Waals surface area contributed by atoms with Gasteiger partial charge in [0.2, 0.25) is 11.8 Å². The number of nitriles is 1. The maximum atomic E-state index is 11.3. The quantitative estimate of drug-likeness (QED) is 0.916. The minimum absolute atomic E-state index is 0.0326. The van der Waals surface area contributed by atoms with Crippen LogP contribution in [0.25, 0.3) is 0 Å². The van der Waals surface area contributed by atoms with Gasteiger partial charge in [0, 0.05) is 19.2 Å². The van der Waals surface area contributed by atoms with Crippen molar-refractivity contribution in [3.63, 3.8) is 0 Å². The van der Waals surface area contributed by atoms with Crippen LogP contribution in [0.2, 0.25) is 0 Å². The van der Waals surface area contributed by atoms with Crippen LogP contribution >= 0.6 is 0 Å². The van der Waals surface area contributed by atoms with E-state index in [0.717, 1.165) is 11.3 Å². The van der Waals surface area contributed by atoms with Gasteiger partial charge in [0.1, 0.15) is 17.4 Å². The summed E-state index contributed by atoms with van der Waals surface area (Å²) in [5.41, 5.74) is 2.92. The lowest BCUT2D eigenvalue weighted by Gasteiger charge is -2.17. The molecular formula is C15H14N4O2. The van der Waals surface area contributed by atoms with Crippen LogP contribution in [0.5, 0.6) is 11.6 Å². The van der Waals surface area contributed by atoms with Crippen LogP contribution < -0.4 is 10.1 Å². The van der Waals surface area contributed by atoms with Gasteiger partial charge < -0.3 is 10.1 Å². The fraction of sp³-hybridized carbons (Fsp3) is 0.267. The SMILES string of the molecule is Cc1nn(C)c(Oc2ccc3c(c2)CCC(=O)N3)c1C#N. The molecule has 3 rings (SSSR count). The molecule has 2 heterocycles. The van der Waals surface area contributed by atoms with Crippen molar-refractivity contribution in [2.24, 2.45) is 7.05 Å². The number of nitrogens with zero attached hydrogens (tertiary/aromatic N) is 3. The second kappa shape index (κ2) is 4.94. The monoisotopic (exact) mass is 282 g/mol. The first-order valence-electron chi connectivity index (χ1n) is 6.63. The van der Waals surface area contributed by atoms with E-state index in [1.165, 1.54) is 0 Å². The smallest absolute Gasteiger partial charge is 0.235 e. The lowest BCUT2D eigenvalue weighted by atomic mass is 10.0. The molecule has 1 aliphatic rings. The molecule has 1 N–H and O–H groups in total. The Kier molecular flexibility index (Phi) is 3.10. The van der Waals surface area contributed by atoms with Crippen molar-refractivity contribution in [2.45, 2.75) is 19.8 Å². The standard InChI is InChI=1S/C15H14N4O2/c1-9-12(8-16)15(19(2)18-9)21-11-4-5-13-10(7-11)3-6-14(20)17-13/h4-5,7H,3,6H2,1-2H3,(H,17,20). The predicted molar refractivity (Wildman–Crippen MR) is 76.1 cm³/mol. The third-order valence-electron chi connectivity index (χ3n) is 3.47. The van der Waals surface area contributed by atoms with Gasteiger partial charge in [0.15, 0.2) is 0 Å². The number of carbonyl (C=O) groups excluding carboxylic acids is 1. The van der Waals surface area contributed by atoms with Crippen molar-refractivity contribution in [3.8, 4) is 17.7 Å². The maximum absolute atomic E-state index is 11.3. The van der Waals surface area contributed by atoms with E-state index in [1.807, 2.05) is 12.1 Å². The van der Waals surface area contributed by atoms with Gasteiger partial charge in [-0.2, -0.15) is 10.4 Å². The van der Waals surface area contributed by atoms with Crippen molar-refractivity contribution >= 4 is 11.6 Å². The molecule has 21 heavy (non-hydrogen) atoms. The van der Waals surface area contributed by atoms with Crippen molar-refractivity contribution < 1.29 is 9.53 Å². The second-order valence-electron chi connectivity index (χ2n) is 4.97. The topological polar surface area (TPSA) is 79.9 Å². The van der Waals surface area contributed by atoms with Gasteiger partial charge in [0.05, 0.1) is 5.69 Å². The highest BCUT2D eigenvalue weighted by Crippen LogP contribution is 2.31. The Balaban J connectivity index is 1.93.